The van der Waals surface area contributed by atoms with Gasteiger partial charge < -0.3 is 9.47 Å². The Bertz CT molecular complexity index is 632. The second-order valence-electron chi connectivity index (χ2n) is 6.10. The van der Waals surface area contributed by atoms with Crippen LogP contribution < -0.4 is 4.74 Å². The average Bonchev–Trinajstić information content (AvgIpc) is 2.55. The van der Waals surface area contributed by atoms with Crippen molar-refractivity contribution in [3.05, 3.63) is 36.4 Å². The maximum Gasteiger partial charge on any atom is 0.127 e. The maximum absolute atomic E-state index is 6.02. The van der Waals surface area contributed by atoms with E-state index in [1.807, 2.05) is 0 Å². The third kappa shape index (κ3) is 3.11. The van der Waals surface area contributed by atoms with Crippen LogP contribution in [0.25, 0.3) is 10.8 Å². The molecule has 2 nitrogen and oxygen atoms in total. The summed E-state index contributed by atoms with van der Waals surface area (Å²) in [5, 5.41) is 2.63. The van der Waals surface area contributed by atoms with Gasteiger partial charge in [0.05, 0.1) is 19.8 Å². The van der Waals surface area contributed by atoms with E-state index in [1.165, 1.54) is 27.2 Å². The number of benzene rings is 2. The molecule has 1 aliphatic rings. The summed E-state index contributed by atoms with van der Waals surface area (Å²) < 4.78 is 11.6. The molecule has 0 radical (unpaired) electrons. The number of hydrogen-bond donors (Lipinski definition) is 0. The number of ether oxygens (including phenoxy) is 2. The molecule has 0 aromatic heterocycles. The Hall–Kier alpha value is -1.19. The van der Waals surface area contributed by atoms with Crippen LogP contribution in [0, 0.1) is 0 Å². The maximum atomic E-state index is 6.02. The third-order valence-electron chi connectivity index (χ3n) is 4.49. The molecule has 0 bridgehead atoms. The first-order valence-corrected chi connectivity index (χ1v) is 10.6. The predicted octanol–water partition coefficient (Wildman–Crippen LogP) is 4.84. The molecule has 0 aliphatic carbocycles. The van der Waals surface area contributed by atoms with Gasteiger partial charge in [-0.05, 0) is 35.1 Å². The van der Waals surface area contributed by atoms with Crippen LogP contribution in [0.3, 0.4) is 0 Å². The summed E-state index contributed by atoms with van der Waals surface area (Å²) in [6.45, 7) is 4.79. The van der Waals surface area contributed by atoms with Crippen molar-refractivity contribution >= 4 is 20.8 Å². The zero-order valence-electron chi connectivity index (χ0n) is 13.6. The van der Waals surface area contributed by atoms with Crippen molar-refractivity contribution in [1.82, 2.24) is 0 Å². The Kier molecular flexibility index (Phi) is 4.94. The Morgan fingerprint density at radius 1 is 1.05 bits per heavy atom. The molecule has 120 valence electrons. The molecule has 3 rings (SSSR count). The van der Waals surface area contributed by atoms with Crippen LogP contribution in [-0.2, 0) is 4.74 Å². The quantitative estimate of drug-likeness (QED) is 0.734. The molecule has 1 aliphatic heterocycles. The molecule has 1 heterocycles. The SMILES string of the molecule is CCCCOc1ccc(S2(C)CCOCC2)c2ccccc12. The molecule has 0 atom stereocenters. The molecular formula is C19H26O2S. The summed E-state index contributed by atoms with van der Waals surface area (Å²) >= 11 is 0. The lowest BCUT2D eigenvalue weighted by Crippen LogP contribution is -2.23. The largest absolute Gasteiger partial charge is 0.493 e. The van der Waals surface area contributed by atoms with E-state index >= 15 is 0 Å². The molecule has 0 saturated carbocycles. The molecule has 3 heteroatoms. The van der Waals surface area contributed by atoms with Gasteiger partial charge in [-0.25, -0.2) is 10.0 Å². The van der Waals surface area contributed by atoms with Gasteiger partial charge in [-0.1, -0.05) is 37.6 Å². The predicted molar refractivity (Wildman–Crippen MR) is 96.7 cm³/mol. The van der Waals surface area contributed by atoms with Crippen molar-refractivity contribution in [1.29, 1.82) is 0 Å². The standard InChI is InChI=1S/C19H26O2S/c1-3-4-11-21-18-9-10-19(17-8-6-5-7-16(17)18)22(2)14-12-20-13-15-22/h5-10H,3-4,11-15H2,1-2H3. The van der Waals surface area contributed by atoms with Crippen LogP contribution in [0.1, 0.15) is 19.8 Å². The zero-order chi connectivity index (χ0) is 15.4. The third-order valence-corrected chi connectivity index (χ3v) is 8.04. The highest BCUT2D eigenvalue weighted by Gasteiger charge is 2.26. The normalized spacial score (nSPS) is 19.0. The minimum atomic E-state index is -0.768. The Balaban J connectivity index is 2.00. The van der Waals surface area contributed by atoms with Gasteiger partial charge in [0.15, 0.2) is 0 Å². The van der Waals surface area contributed by atoms with E-state index < -0.39 is 10.0 Å². The van der Waals surface area contributed by atoms with E-state index in [0.717, 1.165) is 38.4 Å². The number of fused-ring (bicyclic) bond motifs is 1. The zero-order valence-corrected chi connectivity index (χ0v) is 14.5. The summed E-state index contributed by atoms with van der Waals surface area (Å²) in [4.78, 5) is 1.52. The molecule has 0 spiro atoms. The average molecular weight is 318 g/mol. The summed E-state index contributed by atoms with van der Waals surface area (Å²) in [5.74, 6) is 3.38. The summed E-state index contributed by atoms with van der Waals surface area (Å²) in [5.41, 5.74) is 0. The Morgan fingerprint density at radius 2 is 1.77 bits per heavy atom. The minimum Gasteiger partial charge on any atom is -0.493 e. The molecule has 2 aromatic carbocycles. The molecule has 22 heavy (non-hydrogen) atoms. The number of hydrogen-bond acceptors (Lipinski definition) is 2. The number of unbranched alkanes of at least 4 members (excludes halogenated alkanes) is 1. The highest BCUT2D eigenvalue weighted by Crippen LogP contribution is 2.56. The first kappa shape index (κ1) is 15.7. The van der Waals surface area contributed by atoms with Crippen molar-refractivity contribution in [3.8, 4) is 5.75 Å². The van der Waals surface area contributed by atoms with E-state index in [4.69, 9.17) is 9.47 Å². The molecule has 0 N–H and O–H groups in total. The van der Waals surface area contributed by atoms with Crippen molar-refractivity contribution in [2.75, 3.05) is 37.6 Å². The highest BCUT2D eigenvalue weighted by molar-refractivity contribution is 8.33. The molecule has 1 saturated heterocycles. The van der Waals surface area contributed by atoms with Gasteiger partial charge in [0.25, 0.3) is 0 Å². The smallest absolute Gasteiger partial charge is 0.127 e. The van der Waals surface area contributed by atoms with Gasteiger partial charge in [0.1, 0.15) is 5.75 Å². The molecular weight excluding hydrogens is 292 g/mol. The number of rotatable bonds is 5. The Labute approximate surface area is 135 Å². The van der Waals surface area contributed by atoms with Crippen LogP contribution in [0.5, 0.6) is 5.75 Å². The lowest BCUT2D eigenvalue weighted by Gasteiger charge is -2.40. The lowest BCUT2D eigenvalue weighted by molar-refractivity contribution is 0.159. The van der Waals surface area contributed by atoms with Crippen LogP contribution in [0.15, 0.2) is 41.3 Å². The van der Waals surface area contributed by atoms with E-state index in [2.05, 4.69) is 49.6 Å². The first-order chi connectivity index (χ1) is 10.7. The topological polar surface area (TPSA) is 18.5 Å². The van der Waals surface area contributed by atoms with Crippen LogP contribution in [-0.4, -0.2) is 37.6 Å². The van der Waals surface area contributed by atoms with Gasteiger partial charge in [0, 0.05) is 16.9 Å². The fraction of sp³-hybridized carbons (Fsp3) is 0.474. The van der Waals surface area contributed by atoms with E-state index in [1.54, 1.807) is 0 Å². The van der Waals surface area contributed by atoms with E-state index in [0.29, 0.717) is 0 Å². The van der Waals surface area contributed by atoms with Crippen molar-refractivity contribution in [2.45, 2.75) is 24.7 Å². The van der Waals surface area contributed by atoms with E-state index in [-0.39, 0.29) is 0 Å². The summed E-state index contributed by atoms with van der Waals surface area (Å²) in [7, 11) is -0.768. The highest BCUT2D eigenvalue weighted by atomic mass is 32.3. The van der Waals surface area contributed by atoms with Gasteiger partial charge >= 0.3 is 0 Å². The van der Waals surface area contributed by atoms with E-state index in [9.17, 15) is 0 Å². The van der Waals surface area contributed by atoms with Gasteiger partial charge in [-0.3, -0.25) is 0 Å². The fourth-order valence-electron chi connectivity index (χ4n) is 3.04. The van der Waals surface area contributed by atoms with Crippen LogP contribution in [0.2, 0.25) is 0 Å². The molecule has 0 amide bonds. The van der Waals surface area contributed by atoms with Crippen molar-refractivity contribution in [3.63, 3.8) is 0 Å². The Morgan fingerprint density at radius 3 is 2.50 bits per heavy atom. The van der Waals surface area contributed by atoms with Gasteiger partial charge in [-0.2, -0.15) is 0 Å². The lowest BCUT2D eigenvalue weighted by atomic mass is 10.1. The van der Waals surface area contributed by atoms with Crippen LogP contribution in [0.4, 0.5) is 0 Å². The summed E-state index contributed by atoms with van der Waals surface area (Å²) in [6.07, 6.45) is 4.73. The van der Waals surface area contributed by atoms with Gasteiger partial charge in [-0.15, -0.1) is 0 Å². The first-order valence-electron chi connectivity index (χ1n) is 8.21. The molecule has 0 unspecified atom stereocenters. The second kappa shape index (κ2) is 6.93. The molecule has 1 fully saturated rings. The van der Waals surface area contributed by atoms with Crippen LogP contribution >= 0.6 is 10.0 Å². The fourth-order valence-corrected chi connectivity index (χ4v) is 5.76. The van der Waals surface area contributed by atoms with Gasteiger partial charge in [0.2, 0.25) is 0 Å². The van der Waals surface area contributed by atoms with Crippen molar-refractivity contribution < 1.29 is 9.47 Å². The molecule has 2 aromatic rings. The minimum absolute atomic E-state index is 0.768. The van der Waals surface area contributed by atoms with Crippen molar-refractivity contribution in [2.24, 2.45) is 0 Å². The monoisotopic (exact) mass is 318 g/mol. The summed E-state index contributed by atoms with van der Waals surface area (Å²) in [6, 6.07) is 13.2. The second-order valence-corrected chi connectivity index (χ2v) is 9.91.